The van der Waals surface area contributed by atoms with Crippen molar-refractivity contribution in [2.24, 2.45) is 0 Å². The van der Waals surface area contributed by atoms with Gasteiger partial charge in [0.1, 0.15) is 5.75 Å². The quantitative estimate of drug-likeness (QED) is 0.347. The van der Waals surface area contributed by atoms with Gasteiger partial charge in [-0.1, -0.05) is 71.6 Å². The molecule has 0 saturated carbocycles. The van der Waals surface area contributed by atoms with Crippen molar-refractivity contribution >= 4 is 10.1 Å². The lowest BCUT2D eigenvalue weighted by Gasteiger charge is -2.14. The highest BCUT2D eigenvalue weighted by atomic mass is 32.2. The van der Waals surface area contributed by atoms with E-state index in [9.17, 15) is 18.1 Å². The minimum Gasteiger partial charge on any atom is -0.508 e. The van der Waals surface area contributed by atoms with Crippen LogP contribution in [0.2, 0.25) is 0 Å². The molecule has 25 heavy (non-hydrogen) atoms. The maximum absolute atomic E-state index is 11.6. The Kier molecular flexibility index (Phi) is 10.1. The molecular weight excluding hydrogens is 336 g/mol. The van der Waals surface area contributed by atoms with Gasteiger partial charge in [0.2, 0.25) is 0 Å². The zero-order chi connectivity index (χ0) is 18.7. The Hall–Kier alpha value is -1.07. The molecule has 5 heteroatoms. The molecule has 0 saturated heterocycles. The van der Waals surface area contributed by atoms with E-state index in [1.54, 1.807) is 0 Å². The Bertz CT molecular complexity index is 608. The molecule has 0 aliphatic heterocycles. The summed E-state index contributed by atoms with van der Waals surface area (Å²) < 4.78 is 32.6. The normalized spacial score (nSPS) is 11.8. The fourth-order valence-electron chi connectivity index (χ4n) is 3.36. The number of aromatic hydroxyl groups is 1. The van der Waals surface area contributed by atoms with E-state index < -0.39 is 10.1 Å². The van der Waals surface area contributed by atoms with Crippen molar-refractivity contribution in [3.8, 4) is 5.75 Å². The summed E-state index contributed by atoms with van der Waals surface area (Å²) in [5, 5.41) is 9.97. The fourth-order valence-corrected chi connectivity index (χ4v) is 4.14. The molecule has 0 aliphatic rings. The molecule has 0 heterocycles. The average Bonchev–Trinajstić information content (AvgIpc) is 2.55. The fraction of sp³-hybridized carbons (Fsp3) is 0.700. The molecule has 0 unspecified atom stereocenters. The van der Waals surface area contributed by atoms with E-state index in [2.05, 4.69) is 6.92 Å². The second-order valence-corrected chi connectivity index (χ2v) is 8.19. The molecule has 0 spiro atoms. The highest BCUT2D eigenvalue weighted by Crippen LogP contribution is 2.29. The summed E-state index contributed by atoms with van der Waals surface area (Å²) in [6.07, 6.45) is 13.2. The maximum atomic E-state index is 11.6. The van der Waals surface area contributed by atoms with Crippen LogP contribution in [0.1, 0.15) is 89.2 Å². The van der Waals surface area contributed by atoms with Crippen molar-refractivity contribution in [3.63, 3.8) is 0 Å². The van der Waals surface area contributed by atoms with Gasteiger partial charge in [0.25, 0.3) is 10.1 Å². The zero-order valence-electron chi connectivity index (χ0n) is 15.8. The molecule has 1 aromatic carbocycles. The highest BCUT2D eigenvalue weighted by molar-refractivity contribution is 7.85. The molecule has 1 rings (SSSR count). The van der Waals surface area contributed by atoms with Crippen LogP contribution in [-0.4, -0.2) is 18.1 Å². The van der Waals surface area contributed by atoms with Gasteiger partial charge >= 0.3 is 0 Å². The lowest BCUT2D eigenvalue weighted by atomic mass is 9.98. The first-order valence-electron chi connectivity index (χ1n) is 9.73. The van der Waals surface area contributed by atoms with Crippen LogP contribution in [0.3, 0.4) is 0 Å². The van der Waals surface area contributed by atoms with Gasteiger partial charge in [-0.15, -0.1) is 0 Å². The van der Waals surface area contributed by atoms with Crippen LogP contribution in [0.15, 0.2) is 17.0 Å². The minimum absolute atomic E-state index is 0.0573. The van der Waals surface area contributed by atoms with E-state index in [1.807, 2.05) is 6.92 Å². The summed E-state index contributed by atoms with van der Waals surface area (Å²) in [4.78, 5) is -0.0573. The number of unbranched alkanes of at least 4 members (excludes halogenated alkanes) is 9. The molecular formula is C20H34O4S. The first-order valence-corrected chi connectivity index (χ1v) is 11.2. The maximum Gasteiger partial charge on any atom is 0.294 e. The largest absolute Gasteiger partial charge is 0.508 e. The van der Waals surface area contributed by atoms with E-state index in [1.165, 1.54) is 57.1 Å². The van der Waals surface area contributed by atoms with Crippen LogP contribution in [0.25, 0.3) is 0 Å². The minimum atomic E-state index is -4.26. The second kappa shape index (κ2) is 11.5. The molecule has 0 amide bonds. The predicted molar refractivity (Wildman–Crippen MR) is 103 cm³/mol. The standard InChI is InChI=1S/C20H34O4S/c1-3-5-6-7-8-9-10-11-12-13-14-18-17(4-2)19(21)15-16-20(18)25(22,23)24/h15-16,21H,3-14H2,1-2H3,(H,22,23,24). The van der Waals surface area contributed by atoms with Crippen LogP contribution >= 0.6 is 0 Å². The van der Waals surface area contributed by atoms with Crippen LogP contribution in [0, 0.1) is 0 Å². The summed E-state index contributed by atoms with van der Waals surface area (Å²) in [7, 11) is -4.26. The predicted octanol–water partition coefficient (Wildman–Crippen LogP) is 5.66. The molecule has 0 atom stereocenters. The van der Waals surface area contributed by atoms with Gasteiger partial charge in [-0.3, -0.25) is 4.55 Å². The average molecular weight is 371 g/mol. The third kappa shape index (κ3) is 7.78. The summed E-state index contributed by atoms with van der Waals surface area (Å²) in [6.45, 7) is 4.11. The van der Waals surface area contributed by atoms with E-state index in [0.717, 1.165) is 19.3 Å². The first-order chi connectivity index (χ1) is 11.9. The lowest BCUT2D eigenvalue weighted by molar-refractivity contribution is 0.463. The van der Waals surface area contributed by atoms with Crippen molar-refractivity contribution < 1.29 is 18.1 Å². The summed E-state index contributed by atoms with van der Waals surface area (Å²) in [5.41, 5.74) is 1.20. The summed E-state index contributed by atoms with van der Waals surface area (Å²) >= 11 is 0. The van der Waals surface area contributed by atoms with E-state index in [4.69, 9.17) is 0 Å². The lowest BCUT2D eigenvalue weighted by Crippen LogP contribution is -2.06. The van der Waals surface area contributed by atoms with Crippen molar-refractivity contribution in [3.05, 3.63) is 23.3 Å². The number of phenolic OH excluding ortho intramolecular Hbond substituents is 1. The second-order valence-electron chi connectivity index (χ2n) is 6.80. The molecule has 0 radical (unpaired) electrons. The zero-order valence-corrected chi connectivity index (χ0v) is 16.6. The van der Waals surface area contributed by atoms with Crippen molar-refractivity contribution in [2.45, 2.75) is 95.8 Å². The third-order valence-corrected chi connectivity index (χ3v) is 5.71. The smallest absolute Gasteiger partial charge is 0.294 e. The third-order valence-electron chi connectivity index (χ3n) is 4.78. The monoisotopic (exact) mass is 370 g/mol. The van der Waals surface area contributed by atoms with E-state index >= 15 is 0 Å². The molecule has 4 nitrogen and oxygen atoms in total. The van der Waals surface area contributed by atoms with Gasteiger partial charge in [-0.2, -0.15) is 8.42 Å². The first kappa shape index (κ1) is 22.0. The van der Waals surface area contributed by atoms with Crippen molar-refractivity contribution in [1.82, 2.24) is 0 Å². The Morgan fingerprint density at radius 2 is 1.32 bits per heavy atom. The van der Waals surface area contributed by atoms with Gasteiger partial charge in [0, 0.05) is 0 Å². The molecule has 1 aromatic rings. The number of hydrogen-bond acceptors (Lipinski definition) is 3. The summed E-state index contributed by atoms with van der Waals surface area (Å²) in [5.74, 6) is 0.108. The van der Waals surface area contributed by atoms with Gasteiger partial charge in [-0.05, 0) is 42.5 Å². The van der Waals surface area contributed by atoms with E-state index in [-0.39, 0.29) is 10.6 Å². The molecule has 0 aromatic heterocycles. The van der Waals surface area contributed by atoms with Crippen LogP contribution in [0.5, 0.6) is 5.75 Å². The molecule has 144 valence electrons. The number of rotatable bonds is 13. The SMILES string of the molecule is CCCCCCCCCCCCc1c(S(=O)(=O)O)ccc(O)c1CC. The number of benzene rings is 1. The Morgan fingerprint density at radius 3 is 1.80 bits per heavy atom. The van der Waals surface area contributed by atoms with Crippen LogP contribution in [0.4, 0.5) is 0 Å². The number of hydrogen-bond donors (Lipinski definition) is 2. The van der Waals surface area contributed by atoms with Gasteiger partial charge in [0.05, 0.1) is 4.90 Å². The van der Waals surface area contributed by atoms with Crippen molar-refractivity contribution in [1.29, 1.82) is 0 Å². The molecule has 0 fully saturated rings. The van der Waals surface area contributed by atoms with Gasteiger partial charge in [0.15, 0.2) is 0 Å². The molecule has 2 N–H and O–H groups in total. The molecule has 0 aliphatic carbocycles. The number of phenols is 1. The summed E-state index contributed by atoms with van der Waals surface area (Å²) in [6, 6.07) is 2.65. The Labute approximate surface area is 153 Å². The topological polar surface area (TPSA) is 74.6 Å². The van der Waals surface area contributed by atoms with Crippen LogP contribution in [-0.2, 0) is 23.0 Å². The Morgan fingerprint density at radius 1 is 0.800 bits per heavy atom. The van der Waals surface area contributed by atoms with Gasteiger partial charge < -0.3 is 5.11 Å². The van der Waals surface area contributed by atoms with Crippen molar-refractivity contribution in [2.75, 3.05) is 0 Å². The van der Waals surface area contributed by atoms with E-state index in [0.29, 0.717) is 24.0 Å². The van der Waals surface area contributed by atoms with Crippen LogP contribution < -0.4 is 0 Å². The Balaban J connectivity index is 2.45. The highest BCUT2D eigenvalue weighted by Gasteiger charge is 2.19. The van der Waals surface area contributed by atoms with Gasteiger partial charge in [-0.25, -0.2) is 0 Å². The molecule has 0 bridgehead atoms.